The van der Waals surface area contributed by atoms with Crippen LogP contribution in [0.15, 0.2) is 91.1 Å². The number of hydrogen-bond acceptors (Lipinski definition) is 2. The Bertz CT molecular complexity index is 1270. The minimum absolute atomic E-state index is 0.148. The molecule has 5 aromatic rings. The average molecular weight is 378 g/mol. The summed E-state index contributed by atoms with van der Waals surface area (Å²) in [5.74, 6) is 0.661. The number of fused-ring (bicyclic) bond motifs is 1. The summed E-state index contributed by atoms with van der Waals surface area (Å²) in [4.78, 5) is 23.7. The number of benzene rings is 3. The third kappa shape index (κ3) is 3.41. The zero-order valence-electron chi connectivity index (χ0n) is 15.5. The predicted octanol–water partition coefficient (Wildman–Crippen LogP) is 5.48. The highest BCUT2D eigenvalue weighted by Gasteiger charge is 2.09. The topological polar surface area (TPSA) is 73.6 Å². The zero-order valence-corrected chi connectivity index (χ0v) is 15.5. The van der Waals surface area contributed by atoms with Crippen molar-refractivity contribution >= 4 is 22.6 Å². The maximum atomic E-state index is 12.6. The quantitative estimate of drug-likeness (QED) is 0.387. The smallest absolute Gasteiger partial charge is 0.255 e. The highest BCUT2D eigenvalue weighted by atomic mass is 16.1. The van der Waals surface area contributed by atoms with Gasteiger partial charge in [-0.15, -0.1) is 0 Å². The Morgan fingerprint density at radius 2 is 1.66 bits per heavy atom. The second-order valence-electron chi connectivity index (χ2n) is 6.80. The van der Waals surface area contributed by atoms with E-state index in [9.17, 15) is 4.79 Å². The molecule has 0 aliphatic rings. The number of imidazole rings is 1. The molecule has 1 amide bonds. The number of aromatic nitrogens is 3. The molecule has 5 nitrogen and oxygen atoms in total. The van der Waals surface area contributed by atoms with Crippen molar-refractivity contribution in [2.45, 2.75) is 0 Å². The van der Waals surface area contributed by atoms with Crippen LogP contribution in [0.4, 0.5) is 5.69 Å². The fourth-order valence-corrected chi connectivity index (χ4v) is 3.33. The summed E-state index contributed by atoms with van der Waals surface area (Å²) < 4.78 is 0. The first-order chi connectivity index (χ1) is 14.3. The molecule has 0 aliphatic heterocycles. The molecular weight excluding hydrogens is 360 g/mol. The summed E-state index contributed by atoms with van der Waals surface area (Å²) in [6, 6.07) is 27.1. The number of rotatable bonds is 4. The first kappa shape index (κ1) is 17.0. The Kier molecular flexibility index (Phi) is 4.18. The molecule has 3 N–H and O–H groups in total. The van der Waals surface area contributed by atoms with E-state index < -0.39 is 0 Å². The number of amides is 1. The maximum Gasteiger partial charge on any atom is 0.255 e. The Morgan fingerprint density at radius 3 is 2.41 bits per heavy atom. The van der Waals surface area contributed by atoms with Crippen molar-refractivity contribution in [2.75, 3.05) is 5.32 Å². The van der Waals surface area contributed by atoms with E-state index in [1.54, 1.807) is 0 Å². The van der Waals surface area contributed by atoms with Crippen molar-refractivity contribution in [2.24, 2.45) is 0 Å². The lowest BCUT2D eigenvalue weighted by atomic mass is 10.1. The molecule has 2 heterocycles. The number of nitrogens with zero attached hydrogens (tertiary/aromatic N) is 1. The van der Waals surface area contributed by atoms with E-state index in [2.05, 4.69) is 20.3 Å². The SMILES string of the molecule is O=C(Nc1ccc2nc(-c3ccccc3)[nH]c2c1)c1ccc(-c2ccc[nH]2)cc1. The second-order valence-corrected chi connectivity index (χ2v) is 6.80. The van der Waals surface area contributed by atoms with Gasteiger partial charge in [-0.2, -0.15) is 0 Å². The molecule has 0 fully saturated rings. The van der Waals surface area contributed by atoms with Crippen LogP contribution in [0.3, 0.4) is 0 Å². The molecule has 5 rings (SSSR count). The molecule has 0 atom stereocenters. The van der Waals surface area contributed by atoms with E-state index in [0.717, 1.165) is 39.4 Å². The van der Waals surface area contributed by atoms with E-state index in [1.807, 2.05) is 91.1 Å². The van der Waals surface area contributed by atoms with Gasteiger partial charge >= 0.3 is 0 Å². The molecule has 0 radical (unpaired) electrons. The van der Waals surface area contributed by atoms with E-state index >= 15 is 0 Å². The van der Waals surface area contributed by atoms with Gasteiger partial charge in [-0.3, -0.25) is 4.79 Å². The van der Waals surface area contributed by atoms with Crippen LogP contribution < -0.4 is 5.32 Å². The summed E-state index contributed by atoms with van der Waals surface area (Å²) in [7, 11) is 0. The van der Waals surface area contributed by atoms with Crippen LogP contribution in [0.2, 0.25) is 0 Å². The Hall–Kier alpha value is -4.12. The van der Waals surface area contributed by atoms with Gasteiger partial charge in [0, 0.05) is 28.7 Å². The van der Waals surface area contributed by atoms with Crippen LogP contribution in [0.25, 0.3) is 33.7 Å². The molecule has 0 unspecified atom stereocenters. The summed E-state index contributed by atoms with van der Waals surface area (Å²) >= 11 is 0. The van der Waals surface area contributed by atoms with Crippen molar-refractivity contribution in [3.05, 3.63) is 96.7 Å². The summed E-state index contributed by atoms with van der Waals surface area (Å²) in [6.45, 7) is 0. The molecular formula is C24H18N4O. The summed E-state index contributed by atoms with van der Waals surface area (Å²) in [5, 5.41) is 2.96. The third-order valence-electron chi connectivity index (χ3n) is 4.84. The molecule has 29 heavy (non-hydrogen) atoms. The molecule has 2 aromatic heterocycles. The van der Waals surface area contributed by atoms with Gasteiger partial charge < -0.3 is 15.3 Å². The Labute approximate surface area is 167 Å². The van der Waals surface area contributed by atoms with Crippen LogP contribution in [-0.2, 0) is 0 Å². The van der Waals surface area contributed by atoms with Crippen LogP contribution in [-0.4, -0.2) is 20.9 Å². The molecule has 3 aromatic carbocycles. The molecule has 0 saturated heterocycles. The predicted molar refractivity (Wildman–Crippen MR) is 116 cm³/mol. The highest BCUT2D eigenvalue weighted by molar-refractivity contribution is 6.05. The number of anilines is 1. The molecule has 140 valence electrons. The minimum Gasteiger partial charge on any atom is -0.361 e. The van der Waals surface area contributed by atoms with E-state index in [0.29, 0.717) is 5.56 Å². The second kappa shape index (κ2) is 7.13. The van der Waals surface area contributed by atoms with E-state index in [-0.39, 0.29) is 5.91 Å². The third-order valence-corrected chi connectivity index (χ3v) is 4.84. The molecule has 0 saturated carbocycles. The fraction of sp³-hybridized carbons (Fsp3) is 0. The highest BCUT2D eigenvalue weighted by Crippen LogP contribution is 2.23. The lowest BCUT2D eigenvalue weighted by Gasteiger charge is -2.06. The molecule has 0 spiro atoms. The molecule has 0 aliphatic carbocycles. The molecule has 5 heteroatoms. The Balaban J connectivity index is 1.36. The van der Waals surface area contributed by atoms with Gasteiger partial charge in [-0.25, -0.2) is 4.98 Å². The molecule has 0 bridgehead atoms. The van der Waals surface area contributed by atoms with Crippen molar-refractivity contribution in [1.82, 2.24) is 15.0 Å². The van der Waals surface area contributed by atoms with Crippen molar-refractivity contribution < 1.29 is 4.79 Å². The van der Waals surface area contributed by atoms with Gasteiger partial charge in [0.1, 0.15) is 5.82 Å². The average Bonchev–Trinajstić information content (AvgIpc) is 3.44. The standard InChI is InChI=1S/C24H18N4O/c29-24(18-10-8-16(9-11-18)20-7-4-14-25-20)26-19-12-13-21-22(15-19)28-23(27-21)17-5-2-1-3-6-17/h1-15,25H,(H,26,29)(H,27,28). The van der Waals surface area contributed by atoms with Crippen molar-refractivity contribution in [3.8, 4) is 22.6 Å². The summed E-state index contributed by atoms with van der Waals surface area (Å²) in [5.41, 5.74) is 6.15. The zero-order chi connectivity index (χ0) is 19.6. The van der Waals surface area contributed by atoms with E-state index in [4.69, 9.17) is 0 Å². The number of H-pyrrole nitrogens is 2. The van der Waals surface area contributed by atoms with Crippen LogP contribution in [0.1, 0.15) is 10.4 Å². The Morgan fingerprint density at radius 1 is 0.828 bits per heavy atom. The first-order valence-electron chi connectivity index (χ1n) is 9.37. The number of aromatic amines is 2. The van der Waals surface area contributed by atoms with Gasteiger partial charge in [0.15, 0.2) is 0 Å². The number of carbonyl (C=O) groups is 1. The van der Waals surface area contributed by atoms with Crippen LogP contribution in [0.5, 0.6) is 0 Å². The lowest BCUT2D eigenvalue weighted by Crippen LogP contribution is -2.11. The van der Waals surface area contributed by atoms with Crippen molar-refractivity contribution in [1.29, 1.82) is 0 Å². The van der Waals surface area contributed by atoms with Gasteiger partial charge in [0.2, 0.25) is 0 Å². The maximum absolute atomic E-state index is 12.6. The van der Waals surface area contributed by atoms with Gasteiger partial charge in [0.25, 0.3) is 5.91 Å². The lowest BCUT2D eigenvalue weighted by molar-refractivity contribution is 0.102. The van der Waals surface area contributed by atoms with Gasteiger partial charge in [0.05, 0.1) is 11.0 Å². The number of nitrogens with one attached hydrogen (secondary N) is 3. The minimum atomic E-state index is -0.148. The normalized spacial score (nSPS) is 10.9. The van der Waals surface area contributed by atoms with Crippen LogP contribution in [0, 0.1) is 0 Å². The van der Waals surface area contributed by atoms with Gasteiger partial charge in [-0.1, -0.05) is 42.5 Å². The monoisotopic (exact) mass is 378 g/mol. The van der Waals surface area contributed by atoms with E-state index in [1.165, 1.54) is 0 Å². The largest absolute Gasteiger partial charge is 0.361 e. The van der Waals surface area contributed by atoms with Crippen molar-refractivity contribution in [3.63, 3.8) is 0 Å². The van der Waals surface area contributed by atoms with Gasteiger partial charge in [-0.05, 0) is 48.0 Å². The summed E-state index contributed by atoms with van der Waals surface area (Å²) in [6.07, 6.45) is 1.88. The first-order valence-corrected chi connectivity index (χ1v) is 9.37. The number of carbonyl (C=O) groups excluding carboxylic acids is 1. The number of hydrogen-bond donors (Lipinski definition) is 3. The van der Waals surface area contributed by atoms with Crippen LogP contribution >= 0.6 is 0 Å². The fourth-order valence-electron chi connectivity index (χ4n) is 3.33.